The van der Waals surface area contributed by atoms with Gasteiger partial charge in [-0.3, -0.25) is 4.90 Å². The van der Waals surface area contributed by atoms with Gasteiger partial charge in [-0.15, -0.1) is 0 Å². The number of nitrogens with zero attached hydrogens (tertiary/aromatic N) is 1. The van der Waals surface area contributed by atoms with Gasteiger partial charge >= 0.3 is 0 Å². The van der Waals surface area contributed by atoms with Crippen molar-refractivity contribution in [3.63, 3.8) is 0 Å². The predicted molar refractivity (Wildman–Crippen MR) is 85.2 cm³/mol. The van der Waals surface area contributed by atoms with Crippen LogP contribution in [0.25, 0.3) is 0 Å². The van der Waals surface area contributed by atoms with Crippen LogP contribution in [0.1, 0.15) is 5.56 Å². The van der Waals surface area contributed by atoms with E-state index in [4.69, 9.17) is 0 Å². The van der Waals surface area contributed by atoms with Crippen LogP contribution in [0.4, 0.5) is 61.0 Å². The minimum Gasteiger partial charge on any atom is -0.299 e. The molecule has 0 spiro atoms. The zero-order chi connectivity index (χ0) is 22.5. The van der Waals surface area contributed by atoms with Crippen molar-refractivity contribution in [2.24, 2.45) is 0 Å². The molecular formula is C19H6F10N. The molecular weight excluding hydrogens is 432 g/mol. The first-order valence-electron chi connectivity index (χ1n) is 7.74. The normalized spacial score (nSPS) is 11.2. The summed E-state index contributed by atoms with van der Waals surface area (Å²) in [5.74, 6) is -25.5. The SMILES string of the molecule is [CH2]c1ccccc1N(c1c(F)c(F)c(F)c(F)c1F)c1c(F)c(F)c(F)c(F)c1F. The first kappa shape index (κ1) is 21.5. The Labute approximate surface area is 161 Å². The smallest absolute Gasteiger partial charge is 0.200 e. The second kappa shape index (κ2) is 7.54. The Hall–Kier alpha value is -3.24. The minimum absolute atomic E-state index is 0.301. The van der Waals surface area contributed by atoms with Crippen LogP contribution in [0, 0.1) is 65.1 Å². The van der Waals surface area contributed by atoms with Crippen molar-refractivity contribution in [3.05, 3.63) is 94.9 Å². The Bertz CT molecular complexity index is 1050. The van der Waals surface area contributed by atoms with Gasteiger partial charge in [0.05, 0.1) is 0 Å². The van der Waals surface area contributed by atoms with Crippen molar-refractivity contribution in [1.82, 2.24) is 0 Å². The van der Waals surface area contributed by atoms with Crippen molar-refractivity contribution < 1.29 is 43.9 Å². The molecule has 0 aliphatic rings. The fraction of sp³-hybridized carbons (Fsp3) is 0. The number of rotatable bonds is 3. The van der Waals surface area contributed by atoms with E-state index < -0.39 is 75.2 Å². The van der Waals surface area contributed by atoms with Gasteiger partial charge in [-0.25, -0.2) is 43.9 Å². The average Bonchev–Trinajstić information content (AvgIpc) is 2.73. The van der Waals surface area contributed by atoms with Gasteiger partial charge in [-0.1, -0.05) is 18.2 Å². The third kappa shape index (κ3) is 3.04. The number of para-hydroxylation sites is 1. The van der Waals surface area contributed by atoms with E-state index in [0.717, 1.165) is 18.2 Å². The van der Waals surface area contributed by atoms with E-state index in [-0.39, 0.29) is 10.5 Å². The molecule has 3 aromatic rings. The first-order chi connectivity index (χ1) is 14.0. The molecule has 11 heteroatoms. The molecule has 1 radical (unpaired) electrons. The zero-order valence-corrected chi connectivity index (χ0v) is 14.2. The summed E-state index contributed by atoms with van der Waals surface area (Å²) in [4.78, 5) is -0.311. The molecule has 0 saturated heterocycles. The van der Waals surface area contributed by atoms with E-state index in [1.165, 1.54) is 6.07 Å². The van der Waals surface area contributed by atoms with E-state index in [1.54, 1.807) is 0 Å². The van der Waals surface area contributed by atoms with Crippen LogP contribution in [-0.2, 0) is 0 Å². The second-order valence-electron chi connectivity index (χ2n) is 5.80. The Morgan fingerprint density at radius 2 is 0.767 bits per heavy atom. The van der Waals surface area contributed by atoms with Gasteiger partial charge in [0.1, 0.15) is 11.4 Å². The third-order valence-electron chi connectivity index (χ3n) is 4.05. The minimum atomic E-state index is -2.59. The van der Waals surface area contributed by atoms with Crippen LogP contribution >= 0.6 is 0 Å². The Balaban J connectivity index is 2.55. The summed E-state index contributed by atoms with van der Waals surface area (Å²) in [6, 6.07) is 4.34. The van der Waals surface area contributed by atoms with E-state index >= 15 is 0 Å². The quantitative estimate of drug-likeness (QED) is 0.249. The molecule has 0 aliphatic carbocycles. The molecule has 0 heterocycles. The van der Waals surface area contributed by atoms with Crippen LogP contribution in [0.5, 0.6) is 0 Å². The maximum absolute atomic E-state index is 14.4. The lowest BCUT2D eigenvalue weighted by Gasteiger charge is -2.28. The van der Waals surface area contributed by atoms with Gasteiger partial charge in [-0.2, -0.15) is 0 Å². The number of hydrogen-bond acceptors (Lipinski definition) is 1. The second-order valence-corrected chi connectivity index (χ2v) is 5.80. The molecule has 0 aromatic heterocycles. The molecule has 0 N–H and O–H groups in total. The van der Waals surface area contributed by atoms with Gasteiger partial charge in [0.25, 0.3) is 0 Å². The van der Waals surface area contributed by atoms with Crippen molar-refractivity contribution in [2.45, 2.75) is 0 Å². The first-order valence-corrected chi connectivity index (χ1v) is 7.74. The topological polar surface area (TPSA) is 3.24 Å². The lowest BCUT2D eigenvalue weighted by Crippen LogP contribution is -2.22. The fourth-order valence-corrected chi connectivity index (χ4v) is 2.66. The highest BCUT2D eigenvalue weighted by Crippen LogP contribution is 2.44. The summed E-state index contributed by atoms with van der Waals surface area (Å²) >= 11 is 0. The zero-order valence-electron chi connectivity index (χ0n) is 14.2. The monoisotopic (exact) mass is 438 g/mol. The maximum atomic E-state index is 14.4. The molecule has 3 aromatic carbocycles. The lowest BCUT2D eigenvalue weighted by molar-refractivity contribution is 0.375. The van der Waals surface area contributed by atoms with Crippen molar-refractivity contribution in [1.29, 1.82) is 0 Å². The summed E-state index contributed by atoms with van der Waals surface area (Å²) in [5, 5.41) is 0. The molecule has 0 fully saturated rings. The third-order valence-corrected chi connectivity index (χ3v) is 4.05. The number of benzene rings is 3. The van der Waals surface area contributed by atoms with Crippen LogP contribution < -0.4 is 4.90 Å². The Kier molecular flexibility index (Phi) is 5.40. The molecule has 1 nitrogen and oxygen atoms in total. The highest BCUT2D eigenvalue weighted by atomic mass is 19.2. The molecule has 0 amide bonds. The van der Waals surface area contributed by atoms with Gasteiger partial charge in [-0.05, 0) is 18.6 Å². The average molecular weight is 438 g/mol. The fourth-order valence-electron chi connectivity index (χ4n) is 2.66. The van der Waals surface area contributed by atoms with Gasteiger partial charge in [0.2, 0.25) is 11.6 Å². The number of halogens is 10. The van der Waals surface area contributed by atoms with E-state index in [9.17, 15) is 43.9 Å². The van der Waals surface area contributed by atoms with Crippen LogP contribution in [-0.4, -0.2) is 0 Å². The van der Waals surface area contributed by atoms with Crippen LogP contribution in [0.2, 0.25) is 0 Å². The molecule has 0 aliphatic heterocycles. The van der Waals surface area contributed by atoms with Crippen LogP contribution in [0.15, 0.2) is 24.3 Å². The van der Waals surface area contributed by atoms with Gasteiger partial charge in [0.15, 0.2) is 46.5 Å². The van der Waals surface area contributed by atoms with Crippen molar-refractivity contribution in [3.8, 4) is 0 Å². The summed E-state index contributed by atoms with van der Waals surface area (Å²) in [5.41, 5.74) is -4.95. The molecule has 0 saturated carbocycles. The Morgan fingerprint density at radius 1 is 0.467 bits per heavy atom. The molecule has 30 heavy (non-hydrogen) atoms. The summed E-state index contributed by atoms with van der Waals surface area (Å²) in [7, 11) is 0. The van der Waals surface area contributed by atoms with E-state index in [0.29, 0.717) is 0 Å². The summed E-state index contributed by atoms with van der Waals surface area (Å²) in [6.07, 6.45) is 0. The van der Waals surface area contributed by atoms with Crippen molar-refractivity contribution in [2.75, 3.05) is 4.90 Å². The highest BCUT2D eigenvalue weighted by Gasteiger charge is 2.36. The summed E-state index contributed by atoms with van der Waals surface area (Å²) in [6.45, 7) is 3.38. The van der Waals surface area contributed by atoms with Crippen molar-refractivity contribution >= 4 is 17.1 Å². The molecule has 3 rings (SSSR count). The summed E-state index contributed by atoms with van der Waals surface area (Å²) < 4.78 is 139. The Morgan fingerprint density at radius 3 is 1.10 bits per heavy atom. The lowest BCUT2D eigenvalue weighted by atomic mass is 10.1. The predicted octanol–water partition coefficient (Wildman–Crippen LogP) is 6.73. The van der Waals surface area contributed by atoms with E-state index in [2.05, 4.69) is 6.92 Å². The molecule has 157 valence electrons. The molecule has 0 atom stereocenters. The highest BCUT2D eigenvalue weighted by molar-refractivity contribution is 5.80. The molecule has 0 unspecified atom stereocenters. The largest absolute Gasteiger partial charge is 0.299 e. The number of hydrogen-bond donors (Lipinski definition) is 0. The van der Waals surface area contributed by atoms with Gasteiger partial charge < -0.3 is 0 Å². The van der Waals surface area contributed by atoms with Gasteiger partial charge in [0, 0.05) is 5.69 Å². The maximum Gasteiger partial charge on any atom is 0.200 e. The standard InChI is InChI=1S/C19H6F10N/c1-6-4-2-3-5-7(6)30(18-14(26)10(22)8(20)11(23)15(18)27)19-16(28)12(24)9(21)13(25)17(19)29/h2-5H,1H2. The number of anilines is 3. The molecule has 0 bridgehead atoms. The van der Waals surface area contributed by atoms with Crippen LogP contribution in [0.3, 0.4) is 0 Å². The van der Waals surface area contributed by atoms with E-state index in [1.807, 2.05) is 0 Å².